The minimum Gasteiger partial charge on any atom is -0.282 e. The van der Waals surface area contributed by atoms with Crippen molar-refractivity contribution in [3.63, 3.8) is 0 Å². The molecule has 1 aliphatic heterocycles. The highest BCUT2D eigenvalue weighted by Gasteiger charge is 2.43. The van der Waals surface area contributed by atoms with Crippen LogP contribution in [-0.2, 0) is 11.3 Å². The highest BCUT2D eigenvalue weighted by atomic mass is 16.2. The lowest BCUT2D eigenvalue weighted by atomic mass is 10.1. The number of aryl methyl sites for hydroxylation is 2. The smallest absolute Gasteiger partial charge is 0.282 e. The largest absolute Gasteiger partial charge is 0.332 e. The zero-order valence-electron chi connectivity index (χ0n) is 13.6. The Morgan fingerprint density at radius 3 is 1.96 bits per heavy atom. The molecule has 1 unspecified atom stereocenters. The normalized spacial score (nSPS) is 18.0. The van der Waals surface area contributed by atoms with Crippen LogP contribution in [0.15, 0.2) is 48.5 Å². The number of hydrogen-bond donors (Lipinski definition) is 0. The number of carbonyl (C=O) groups is 2. The SMILES string of the molecule is Cc1ccc(CN2C(=O)C(C)N(c3ccc(C)cc3)C2=O)cc1. The number of hydrogen-bond acceptors (Lipinski definition) is 2. The molecule has 4 heteroatoms. The van der Waals surface area contributed by atoms with Crippen LogP contribution in [0.2, 0.25) is 0 Å². The number of imide groups is 1. The Morgan fingerprint density at radius 2 is 1.39 bits per heavy atom. The fourth-order valence-corrected chi connectivity index (χ4v) is 2.79. The van der Waals surface area contributed by atoms with Gasteiger partial charge in [0, 0.05) is 5.69 Å². The molecule has 0 saturated carbocycles. The summed E-state index contributed by atoms with van der Waals surface area (Å²) in [6.07, 6.45) is 0. The van der Waals surface area contributed by atoms with E-state index in [1.807, 2.05) is 62.4 Å². The van der Waals surface area contributed by atoms with Crippen LogP contribution >= 0.6 is 0 Å². The second-order valence-corrected chi connectivity index (χ2v) is 6.07. The molecule has 0 aliphatic carbocycles. The lowest BCUT2D eigenvalue weighted by Gasteiger charge is -2.19. The van der Waals surface area contributed by atoms with Gasteiger partial charge in [-0.15, -0.1) is 0 Å². The molecule has 23 heavy (non-hydrogen) atoms. The van der Waals surface area contributed by atoms with E-state index in [1.54, 1.807) is 11.8 Å². The zero-order valence-corrected chi connectivity index (χ0v) is 13.6. The van der Waals surface area contributed by atoms with Crippen molar-refractivity contribution < 1.29 is 9.59 Å². The number of rotatable bonds is 3. The van der Waals surface area contributed by atoms with Gasteiger partial charge in [-0.2, -0.15) is 0 Å². The molecule has 4 nitrogen and oxygen atoms in total. The van der Waals surface area contributed by atoms with Gasteiger partial charge in [0.05, 0.1) is 6.54 Å². The van der Waals surface area contributed by atoms with Gasteiger partial charge >= 0.3 is 6.03 Å². The predicted octanol–water partition coefficient (Wildman–Crippen LogP) is 3.66. The summed E-state index contributed by atoms with van der Waals surface area (Å²) in [5.74, 6) is -0.156. The summed E-state index contributed by atoms with van der Waals surface area (Å²) in [5, 5.41) is 0. The van der Waals surface area contributed by atoms with Crippen molar-refractivity contribution >= 4 is 17.6 Å². The molecular weight excluding hydrogens is 288 g/mol. The maximum absolute atomic E-state index is 12.7. The average Bonchev–Trinajstić information content (AvgIpc) is 2.74. The molecule has 0 aromatic heterocycles. The topological polar surface area (TPSA) is 40.6 Å². The quantitative estimate of drug-likeness (QED) is 0.812. The number of urea groups is 1. The van der Waals surface area contributed by atoms with E-state index in [1.165, 1.54) is 4.90 Å². The molecule has 0 N–H and O–H groups in total. The van der Waals surface area contributed by atoms with Crippen LogP contribution < -0.4 is 4.90 Å². The van der Waals surface area contributed by atoms with Crippen molar-refractivity contribution in [3.8, 4) is 0 Å². The van der Waals surface area contributed by atoms with E-state index >= 15 is 0 Å². The standard InChI is InChI=1S/C19H20N2O2/c1-13-4-8-16(9-5-13)12-20-18(22)15(3)21(19(20)23)17-10-6-14(2)7-11-17/h4-11,15H,12H2,1-3H3. The maximum Gasteiger partial charge on any atom is 0.332 e. The first kappa shape index (κ1) is 15.3. The first-order valence-electron chi connectivity index (χ1n) is 7.74. The van der Waals surface area contributed by atoms with Crippen molar-refractivity contribution in [1.29, 1.82) is 0 Å². The van der Waals surface area contributed by atoms with Crippen molar-refractivity contribution in [2.75, 3.05) is 4.90 Å². The number of amides is 3. The van der Waals surface area contributed by atoms with Gasteiger partial charge < -0.3 is 0 Å². The number of carbonyl (C=O) groups excluding carboxylic acids is 2. The molecule has 0 spiro atoms. The zero-order chi connectivity index (χ0) is 16.6. The Kier molecular flexibility index (Phi) is 3.90. The van der Waals surface area contributed by atoms with Gasteiger partial charge in [0.15, 0.2) is 0 Å². The summed E-state index contributed by atoms with van der Waals surface area (Å²) in [4.78, 5) is 28.1. The maximum atomic E-state index is 12.7. The first-order valence-corrected chi connectivity index (χ1v) is 7.74. The van der Waals surface area contributed by atoms with Gasteiger partial charge in [-0.05, 0) is 38.5 Å². The van der Waals surface area contributed by atoms with Crippen molar-refractivity contribution in [2.24, 2.45) is 0 Å². The van der Waals surface area contributed by atoms with Gasteiger partial charge in [-0.25, -0.2) is 4.79 Å². The van der Waals surface area contributed by atoms with Crippen LogP contribution in [0.1, 0.15) is 23.6 Å². The third-order valence-electron chi connectivity index (χ3n) is 4.22. The predicted molar refractivity (Wildman–Crippen MR) is 90.2 cm³/mol. The Labute approximate surface area is 136 Å². The third-order valence-corrected chi connectivity index (χ3v) is 4.22. The monoisotopic (exact) mass is 308 g/mol. The van der Waals surface area contributed by atoms with Gasteiger partial charge in [-0.3, -0.25) is 14.6 Å². The number of benzene rings is 2. The van der Waals surface area contributed by atoms with E-state index < -0.39 is 6.04 Å². The Morgan fingerprint density at radius 1 is 0.870 bits per heavy atom. The molecule has 1 atom stereocenters. The lowest BCUT2D eigenvalue weighted by Crippen LogP contribution is -2.33. The van der Waals surface area contributed by atoms with Gasteiger partial charge in [0.2, 0.25) is 0 Å². The number of anilines is 1. The summed E-state index contributed by atoms with van der Waals surface area (Å²) < 4.78 is 0. The molecule has 3 rings (SSSR count). The second-order valence-electron chi connectivity index (χ2n) is 6.07. The van der Waals surface area contributed by atoms with Crippen molar-refractivity contribution in [3.05, 3.63) is 65.2 Å². The molecule has 3 amide bonds. The van der Waals surface area contributed by atoms with Gasteiger partial charge in [0.1, 0.15) is 6.04 Å². The Bertz CT molecular complexity index is 735. The van der Waals surface area contributed by atoms with Crippen LogP contribution in [0.4, 0.5) is 10.5 Å². The minimum atomic E-state index is -0.476. The molecule has 0 radical (unpaired) electrons. The van der Waals surface area contributed by atoms with Crippen LogP contribution in [0.5, 0.6) is 0 Å². The molecule has 1 aliphatic rings. The van der Waals surface area contributed by atoms with E-state index in [0.29, 0.717) is 6.54 Å². The van der Waals surface area contributed by atoms with Gasteiger partial charge in [-0.1, -0.05) is 47.5 Å². The summed E-state index contributed by atoms with van der Waals surface area (Å²) in [5.41, 5.74) is 3.99. The van der Waals surface area contributed by atoms with Crippen LogP contribution in [-0.4, -0.2) is 22.9 Å². The Balaban J connectivity index is 1.85. The van der Waals surface area contributed by atoms with Crippen LogP contribution in [0.25, 0.3) is 0 Å². The molecule has 1 saturated heterocycles. The van der Waals surface area contributed by atoms with Crippen molar-refractivity contribution in [2.45, 2.75) is 33.4 Å². The van der Waals surface area contributed by atoms with E-state index in [2.05, 4.69) is 0 Å². The third kappa shape index (κ3) is 2.84. The highest BCUT2D eigenvalue weighted by molar-refractivity contribution is 6.13. The lowest BCUT2D eigenvalue weighted by molar-refractivity contribution is -0.127. The van der Waals surface area contributed by atoms with E-state index in [4.69, 9.17) is 0 Å². The molecule has 118 valence electrons. The molecule has 0 bridgehead atoms. The summed E-state index contributed by atoms with van der Waals surface area (Å²) in [6.45, 7) is 6.09. The number of nitrogens with zero attached hydrogens (tertiary/aromatic N) is 2. The summed E-state index contributed by atoms with van der Waals surface area (Å²) >= 11 is 0. The molecular formula is C19H20N2O2. The molecule has 1 heterocycles. The van der Waals surface area contributed by atoms with Crippen LogP contribution in [0.3, 0.4) is 0 Å². The first-order chi connectivity index (χ1) is 11.0. The fourth-order valence-electron chi connectivity index (χ4n) is 2.79. The second kappa shape index (κ2) is 5.88. The fraction of sp³-hybridized carbons (Fsp3) is 0.263. The molecule has 2 aromatic carbocycles. The van der Waals surface area contributed by atoms with Gasteiger partial charge in [0.25, 0.3) is 5.91 Å². The van der Waals surface area contributed by atoms with E-state index in [0.717, 1.165) is 22.4 Å². The van der Waals surface area contributed by atoms with E-state index in [-0.39, 0.29) is 11.9 Å². The summed E-state index contributed by atoms with van der Waals surface area (Å²) in [7, 11) is 0. The van der Waals surface area contributed by atoms with Crippen LogP contribution in [0, 0.1) is 13.8 Å². The summed E-state index contributed by atoms with van der Waals surface area (Å²) in [6, 6.07) is 14.8. The van der Waals surface area contributed by atoms with E-state index in [9.17, 15) is 9.59 Å². The molecule has 2 aromatic rings. The van der Waals surface area contributed by atoms with Crippen molar-refractivity contribution in [1.82, 2.24) is 4.90 Å². The average molecular weight is 308 g/mol. The minimum absolute atomic E-state index is 0.156. The Hall–Kier alpha value is -2.62. The molecule has 1 fully saturated rings. The highest BCUT2D eigenvalue weighted by Crippen LogP contribution is 2.27.